The van der Waals surface area contributed by atoms with Crippen molar-refractivity contribution in [1.82, 2.24) is 20.2 Å². The number of hydrogen-bond donors (Lipinski definition) is 2. The van der Waals surface area contributed by atoms with Crippen LogP contribution in [0, 0.1) is 6.92 Å². The Labute approximate surface area is 119 Å². The monoisotopic (exact) mass is 272 g/mol. The molecule has 0 spiro atoms. The summed E-state index contributed by atoms with van der Waals surface area (Å²) in [4.78, 5) is 21.3. The number of hydrogen-bond acceptors (Lipinski definition) is 3. The maximum Gasteiger partial charge on any atom is 0.251 e. The van der Waals surface area contributed by atoms with E-state index in [2.05, 4.69) is 20.2 Å². The molecule has 0 saturated carbocycles. The number of nitrogens with one attached hydrogen (secondary N) is 2. The van der Waals surface area contributed by atoms with Gasteiger partial charge in [-0.1, -0.05) is 12.1 Å². The van der Waals surface area contributed by atoms with Crippen LogP contribution in [0.25, 0.3) is 0 Å². The molecule has 0 aliphatic heterocycles. The third-order valence-corrected chi connectivity index (χ3v) is 3.07. The molecule has 0 aliphatic carbocycles. The summed E-state index contributed by atoms with van der Waals surface area (Å²) >= 11 is 0. The largest absolute Gasteiger partial charge is 0.348 e. The molecule has 0 unspecified atom stereocenters. The Kier molecular flexibility index (Phi) is 4.53. The summed E-state index contributed by atoms with van der Waals surface area (Å²) in [6.07, 6.45) is 1.63. The number of aromatic amines is 1. The van der Waals surface area contributed by atoms with E-state index in [9.17, 15) is 4.79 Å². The van der Waals surface area contributed by atoms with Gasteiger partial charge in [0, 0.05) is 17.8 Å². The molecule has 1 aromatic heterocycles. The van der Waals surface area contributed by atoms with Crippen molar-refractivity contribution in [2.24, 2.45) is 0 Å². The fraction of sp³-hybridized carbons (Fsp3) is 0.333. The average molecular weight is 272 g/mol. The normalized spacial score (nSPS) is 10.8. The van der Waals surface area contributed by atoms with Crippen molar-refractivity contribution in [3.63, 3.8) is 0 Å². The maximum atomic E-state index is 12.0. The fourth-order valence-electron chi connectivity index (χ4n) is 1.96. The van der Waals surface area contributed by atoms with Crippen molar-refractivity contribution in [3.05, 3.63) is 53.1 Å². The van der Waals surface area contributed by atoms with Gasteiger partial charge in [0.25, 0.3) is 5.91 Å². The van der Waals surface area contributed by atoms with Gasteiger partial charge in [0.2, 0.25) is 0 Å². The number of imidazole rings is 1. The summed E-state index contributed by atoms with van der Waals surface area (Å²) in [6.45, 7) is 3.24. The summed E-state index contributed by atoms with van der Waals surface area (Å²) < 4.78 is 0. The molecule has 20 heavy (non-hydrogen) atoms. The Morgan fingerprint density at radius 1 is 1.30 bits per heavy atom. The van der Waals surface area contributed by atoms with E-state index in [1.165, 1.54) is 5.56 Å². The van der Waals surface area contributed by atoms with Crippen molar-refractivity contribution in [2.45, 2.75) is 20.0 Å². The number of carbonyl (C=O) groups is 1. The van der Waals surface area contributed by atoms with Gasteiger partial charge < -0.3 is 15.2 Å². The summed E-state index contributed by atoms with van der Waals surface area (Å²) in [5, 5.41) is 2.87. The van der Waals surface area contributed by atoms with Gasteiger partial charge in [-0.25, -0.2) is 4.98 Å². The van der Waals surface area contributed by atoms with Crippen LogP contribution in [-0.2, 0) is 13.1 Å². The molecule has 2 aromatic rings. The van der Waals surface area contributed by atoms with Gasteiger partial charge in [-0.2, -0.15) is 0 Å². The minimum absolute atomic E-state index is 0.0798. The molecule has 1 aromatic carbocycles. The number of benzene rings is 1. The Morgan fingerprint density at radius 2 is 2.00 bits per heavy atom. The molecule has 5 nitrogen and oxygen atoms in total. The first-order valence-electron chi connectivity index (χ1n) is 6.57. The van der Waals surface area contributed by atoms with Crippen LogP contribution in [-0.4, -0.2) is 34.9 Å². The highest BCUT2D eigenvalue weighted by Gasteiger charge is 2.07. The molecule has 106 valence electrons. The van der Waals surface area contributed by atoms with Gasteiger partial charge in [-0.15, -0.1) is 0 Å². The predicted octanol–water partition coefficient (Wildman–Crippen LogP) is 1.71. The lowest BCUT2D eigenvalue weighted by Gasteiger charge is -2.10. The summed E-state index contributed by atoms with van der Waals surface area (Å²) in [5.41, 5.74) is 3.70. The van der Waals surface area contributed by atoms with Crippen LogP contribution in [0.15, 0.2) is 30.6 Å². The van der Waals surface area contributed by atoms with E-state index in [0.717, 1.165) is 17.9 Å². The highest BCUT2D eigenvalue weighted by Crippen LogP contribution is 2.07. The van der Waals surface area contributed by atoms with Crippen molar-refractivity contribution < 1.29 is 4.79 Å². The van der Waals surface area contributed by atoms with Crippen LogP contribution in [0.2, 0.25) is 0 Å². The van der Waals surface area contributed by atoms with E-state index < -0.39 is 0 Å². The Balaban J connectivity index is 1.94. The highest BCUT2D eigenvalue weighted by molar-refractivity contribution is 5.94. The number of H-pyrrole nitrogens is 1. The Bertz CT molecular complexity index is 572. The van der Waals surface area contributed by atoms with E-state index >= 15 is 0 Å². The van der Waals surface area contributed by atoms with E-state index in [1.54, 1.807) is 6.33 Å². The van der Waals surface area contributed by atoms with Crippen LogP contribution in [0.1, 0.15) is 27.3 Å². The highest BCUT2D eigenvalue weighted by atomic mass is 16.1. The van der Waals surface area contributed by atoms with Gasteiger partial charge in [-0.05, 0) is 38.7 Å². The van der Waals surface area contributed by atoms with E-state index in [1.807, 2.05) is 45.3 Å². The molecular formula is C15H20N4O. The zero-order valence-electron chi connectivity index (χ0n) is 12.1. The van der Waals surface area contributed by atoms with Gasteiger partial charge in [-0.3, -0.25) is 4.79 Å². The first kappa shape index (κ1) is 14.3. The number of aryl methyl sites for hydroxylation is 1. The number of carbonyl (C=O) groups excluding carboxylic acids is 1. The van der Waals surface area contributed by atoms with Crippen LogP contribution in [0.4, 0.5) is 0 Å². The van der Waals surface area contributed by atoms with Gasteiger partial charge in [0.1, 0.15) is 0 Å². The molecule has 0 atom stereocenters. The molecule has 0 fully saturated rings. The molecule has 2 rings (SSSR count). The van der Waals surface area contributed by atoms with Crippen molar-refractivity contribution in [3.8, 4) is 0 Å². The Morgan fingerprint density at radius 3 is 2.55 bits per heavy atom. The second-order valence-corrected chi connectivity index (χ2v) is 5.09. The number of nitrogens with zero attached hydrogens (tertiary/aromatic N) is 2. The first-order valence-corrected chi connectivity index (χ1v) is 6.57. The summed E-state index contributed by atoms with van der Waals surface area (Å²) in [7, 11) is 4.04. The third kappa shape index (κ3) is 3.68. The first-order chi connectivity index (χ1) is 9.56. The lowest BCUT2D eigenvalue weighted by molar-refractivity contribution is 0.0950. The third-order valence-electron chi connectivity index (χ3n) is 3.07. The maximum absolute atomic E-state index is 12.0. The van der Waals surface area contributed by atoms with Gasteiger partial charge in [0.15, 0.2) is 0 Å². The lowest BCUT2D eigenvalue weighted by atomic mass is 10.1. The van der Waals surface area contributed by atoms with E-state index in [-0.39, 0.29) is 5.91 Å². The van der Waals surface area contributed by atoms with E-state index in [0.29, 0.717) is 12.1 Å². The number of aromatic nitrogens is 2. The number of amides is 1. The molecule has 0 bridgehead atoms. The van der Waals surface area contributed by atoms with Crippen molar-refractivity contribution >= 4 is 5.91 Å². The SMILES string of the molecule is Cc1[nH]cnc1CNC(=O)c1ccc(CN(C)C)cc1. The second kappa shape index (κ2) is 6.34. The van der Waals surface area contributed by atoms with Crippen LogP contribution >= 0.6 is 0 Å². The van der Waals surface area contributed by atoms with Crippen LogP contribution in [0.3, 0.4) is 0 Å². The molecule has 0 radical (unpaired) electrons. The van der Waals surface area contributed by atoms with Gasteiger partial charge >= 0.3 is 0 Å². The Hall–Kier alpha value is -2.14. The molecule has 1 heterocycles. The lowest BCUT2D eigenvalue weighted by Crippen LogP contribution is -2.23. The average Bonchev–Trinajstić information content (AvgIpc) is 2.82. The molecule has 0 saturated heterocycles. The molecule has 5 heteroatoms. The quantitative estimate of drug-likeness (QED) is 0.871. The van der Waals surface area contributed by atoms with Crippen LogP contribution in [0.5, 0.6) is 0 Å². The van der Waals surface area contributed by atoms with Crippen molar-refractivity contribution in [1.29, 1.82) is 0 Å². The van der Waals surface area contributed by atoms with Gasteiger partial charge in [0.05, 0.1) is 18.6 Å². The van der Waals surface area contributed by atoms with Crippen molar-refractivity contribution in [2.75, 3.05) is 14.1 Å². The standard InChI is InChI=1S/C15H20N4O/c1-11-14(18-10-17-11)8-16-15(20)13-6-4-12(5-7-13)9-19(2)3/h4-7,10H,8-9H2,1-3H3,(H,16,20)(H,17,18). The molecule has 0 aliphatic rings. The zero-order valence-corrected chi connectivity index (χ0v) is 12.1. The zero-order chi connectivity index (χ0) is 14.5. The summed E-state index contributed by atoms with van der Waals surface area (Å²) in [5.74, 6) is -0.0798. The second-order valence-electron chi connectivity index (χ2n) is 5.09. The molecular weight excluding hydrogens is 252 g/mol. The smallest absolute Gasteiger partial charge is 0.251 e. The fourth-order valence-corrected chi connectivity index (χ4v) is 1.96. The molecule has 1 amide bonds. The van der Waals surface area contributed by atoms with Crippen LogP contribution < -0.4 is 5.32 Å². The minimum Gasteiger partial charge on any atom is -0.348 e. The predicted molar refractivity (Wildman–Crippen MR) is 78.3 cm³/mol. The minimum atomic E-state index is -0.0798. The van der Waals surface area contributed by atoms with E-state index in [4.69, 9.17) is 0 Å². The topological polar surface area (TPSA) is 61.0 Å². The summed E-state index contributed by atoms with van der Waals surface area (Å²) in [6, 6.07) is 7.67. The molecule has 2 N–H and O–H groups in total. The number of rotatable bonds is 5.